The predicted octanol–water partition coefficient (Wildman–Crippen LogP) is 3.89. The van der Waals surface area contributed by atoms with Gasteiger partial charge in [-0.15, -0.1) is 0 Å². The molecule has 0 aromatic heterocycles. The Morgan fingerprint density at radius 1 is 0.900 bits per heavy atom. The smallest absolute Gasteiger partial charge is 0.223 e. The van der Waals surface area contributed by atoms with Crippen LogP contribution in [0.2, 0.25) is 0 Å². The Hall–Kier alpha value is -2.82. The Morgan fingerprint density at radius 2 is 1.63 bits per heavy atom. The highest BCUT2D eigenvalue weighted by Crippen LogP contribution is 2.28. The Bertz CT molecular complexity index is 916. The summed E-state index contributed by atoms with van der Waals surface area (Å²) in [7, 11) is 1.68. The maximum Gasteiger partial charge on any atom is 0.223 e. The summed E-state index contributed by atoms with van der Waals surface area (Å²) in [5.41, 5.74) is 4.51. The number of para-hydroxylation sites is 2. The third kappa shape index (κ3) is 4.50. The number of ether oxygens (including phenoxy) is 1. The molecule has 1 fully saturated rings. The van der Waals surface area contributed by atoms with Gasteiger partial charge < -0.3 is 14.5 Å². The third-order valence-electron chi connectivity index (χ3n) is 6.29. The molecule has 2 aliphatic rings. The van der Waals surface area contributed by atoms with Crippen LogP contribution in [0.4, 0.5) is 5.69 Å². The number of fused-ring (bicyclic) bond motifs is 1. The van der Waals surface area contributed by atoms with Crippen molar-refractivity contribution in [2.45, 2.75) is 38.5 Å². The van der Waals surface area contributed by atoms with Crippen LogP contribution >= 0.6 is 0 Å². The number of hydrogen-bond donors (Lipinski definition) is 0. The van der Waals surface area contributed by atoms with Gasteiger partial charge in [0.2, 0.25) is 5.91 Å². The highest BCUT2D eigenvalue weighted by molar-refractivity contribution is 5.98. The molecule has 2 aromatic carbocycles. The second-order valence-corrected chi connectivity index (χ2v) is 8.15. The normalized spacial score (nSPS) is 16.2. The van der Waals surface area contributed by atoms with Crippen molar-refractivity contribution in [1.29, 1.82) is 0 Å². The first-order valence-electron chi connectivity index (χ1n) is 11.0. The maximum atomic E-state index is 12.7. The van der Waals surface area contributed by atoms with E-state index in [0.29, 0.717) is 13.1 Å². The number of benzene rings is 2. The van der Waals surface area contributed by atoms with Crippen molar-refractivity contribution in [3.8, 4) is 5.75 Å². The molecule has 0 radical (unpaired) electrons. The Labute approximate surface area is 178 Å². The van der Waals surface area contributed by atoms with Gasteiger partial charge in [-0.05, 0) is 55.0 Å². The van der Waals surface area contributed by atoms with Gasteiger partial charge in [0.25, 0.3) is 0 Å². The van der Waals surface area contributed by atoms with E-state index in [4.69, 9.17) is 4.74 Å². The molecule has 1 heterocycles. The molecule has 30 heavy (non-hydrogen) atoms. The third-order valence-corrected chi connectivity index (χ3v) is 6.29. The quantitative estimate of drug-likeness (QED) is 0.683. The zero-order valence-electron chi connectivity index (χ0n) is 17.7. The summed E-state index contributed by atoms with van der Waals surface area (Å²) in [4.78, 5) is 29.4. The number of aryl methyl sites for hydroxylation is 2. The van der Waals surface area contributed by atoms with Crippen LogP contribution in [0.1, 0.15) is 47.2 Å². The molecule has 0 spiro atoms. The first-order chi connectivity index (χ1) is 14.7. The van der Waals surface area contributed by atoms with E-state index in [2.05, 4.69) is 11.0 Å². The number of carbonyl (C=O) groups excluding carboxylic acids is 2. The molecule has 4 rings (SSSR count). The lowest BCUT2D eigenvalue weighted by atomic mass is 9.89. The zero-order valence-corrected chi connectivity index (χ0v) is 17.7. The number of rotatable bonds is 6. The molecule has 5 nitrogen and oxygen atoms in total. The fraction of sp³-hybridized carbons (Fsp3) is 0.440. The minimum Gasteiger partial charge on any atom is -0.495 e. The van der Waals surface area contributed by atoms with E-state index in [-0.39, 0.29) is 24.5 Å². The number of methoxy groups -OCH3 is 1. The number of hydrogen-bond acceptors (Lipinski definition) is 4. The van der Waals surface area contributed by atoms with Gasteiger partial charge in [0, 0.05) is 44.6 Å². The standard InChI is InChI=1S/C25H30N2O3/c1-30-24-9-5-4-8-22(24)26-14-16-27(17-15-26)25(29)13-12-23(28)21-11-10-19-6-2-3-7-20(19)18-21/h4-5,8-11,18H,2-3,6-7,12-17H2,1H3. The number of piperazine rings is 1. The molecular formula is C25H30N2O3. The highest BCUT2D eigenvalue weighted by Gasteiger charge is 2.23. The van der Waals surface area contributed by atoms with Crippen LogP contribution in [0.5, 0.6) is 5.75 Å². The Morgan fingerprint density at radius 3 is 2.40 bits per heavy atom. The second kappa shape index (κ2) is 9.33. The molecular weight excluding hydrogens is 376 g/mol. The molecule has 1 aliphatic heterocycles. The average Bonchev–Trinajstić information content (AvgIpc) is 2.82. The average molecular weight is 407 g/mol. The van der Waals surface area contributed by atoms with E-state index in [1.807, 2.05) is 41.3 Å². The minimum absolute atomic E-state index is 0.0704. The Kier molecular flexibility index (Phi) is 6.36. The lowest BCUT2D eigenvalue weighted by Gasteiger charge is -2.36. The van der Waals surface area contributed by atoms with Gasteiger partial charge in [-0.25, -0.2) is 0 Å². The van der Waals surface area contributed by atoms with E-state index in [9.17, 15) is 9.59 Å². The predicted molar refractivity (Wildman–Crippen MR) is 118 cm³/mol. The van der Waals surface area contributed by atoms with Crippen molar-refractivity contribution in [1.82, 2.24) is 4.90 Å². The van der Waals surface area contributed by atoms with Gasteiger partial charge in [0.05, 0.1) is 12.8 Å². The monoisotopic (exact) mass is 406 g/mol. The number of Topliss-reactive ketones (excluding diaryl/α,β-unsaturated/α-hetero) is 1. The van der Waals surface area contributed by atoms with Gasteiger partial charge in [-0.2, -0.15) is 0 Å². The maximum absolute atomic E-state index is 12.7. The van der Waals surface area contributed by atoms with Crippen LogP contribution in [0.3, 0.4) is 0 Å². The summed E-state index contributed by atoms with van der Waals surface area (Å²) < 4.78 is 5.45. The van der Waals surface area contributed by atoms with Gasteiger partial charge in [0.15, 0.2) is 5.78 Å². The first kappa shape index (κ1) is 20.5. The number of amides is 1. The summed E-state index contributed by atoms with van der Waals surface area (Å²) in [6, 6.07) is 14.0. The van der Waals surface area contributed by atoms with Crippen LogP contribution in [-0.4, -0.2) is 49.9 Å². The van der Waals surface area contributed by atoms with Gasteiger partial charge in [0.1, 0.15) is 5.75 Å². The second-order valence-electron chi connectivity index (χ2n) is 8.15. The topological polar surface area (TPSA) is 49.9 Å². The fourth-order valence-corrected chi connectivity index (χ4v) is 4.52. The molecule has 158 valence electrons. The largest absolute Gasteiger partial charge is 0.495 e. The summed E-state index contributed by atoms with van der Waals surface area (Å²) in [6.07, 6.45) is 5.17. The van der Waals surface area contributed by atoms with E-state index in [1.54, 1.807) is 7.11 Å². The SMILES string of the molecule is COc1ccccc1N1CCN(C(=O)CCC(=O)c2ccc3c(c2)CCCC3)CC1. The number of carbonyl (C=O) groups is 2. The number of nitrogens with zero attached hydrogens (tertiary/aromatic N) is 2. The summed E-state index contributed by atoms with van der Waals surface area (Å²) in [5, 5.41) is 0. The summed E-state index contributed by atoms with van der Waals surface area (Å²) in [6.45, 7) is 2.88. The molecule has 0 N–H and O–H groups in total. The van der Waals surface area contributed by atoms with Crippen molar-refractivity contribution >= 4 is 17.4 Å². The lowest BCUT2D eigenvalue weighted by Crippen LogP contribution is -2.48. The van der Waals surface area contributed by atoms with Gasteiger partial charge in [-0.3, -0.25) is 9.59 Å². The molecule has 2 aromatic rings. The van der Waals surface area contributed by atoms with Gasteiger partial charge >= 0.3 is 0 Å². The van der Waals surface area contributed by atoms with Crippen molar-refractivity contribution in [2.24, 2.45) is 0 Å². The van der Waals surface area contributed by atoms with E-state index < -0.39 is 0 Å². The van der Waals surface area contributed by atoms with Crippen molar-refractivity contribution < 1.29 is 14.3 Å². The number of ketones is 1. The molecule has 0 saturated carbocycles. The molecule has 5 heteroatoms. The van der Waals surface area contributed by atoms with E-state index in [1.165, 1.54) is 24.0 Å². The number of anilines is 1. The van der Waals surface area contributed by atoms with E-state index in [0.717, 1.165) is 42.9 Å². The molecule has 0 atom stereocenters. The summed E-state index contributed by atoms with van der Waals surface area (Å²) >= 11 is 0. The fourth-order valence-electron chi connectivity index (χ4n) is 4.52. The van der Waals surface area contributed by atoms with E-state index >= 15 is 0 Å². The van der Waals surface area contributed by atoms with Gasteiger partial charge in [-0.1, -0.05) is 24.3 Å². The van der Waals surface area contributed by atoms with Crippen LogP contribution in [0.15, 0.2) is 42.5 Å². The van der Waals surface area contributed by atoms with Crippen LogP contribution in [-0.2, 0) is 17.6 Å². The van der Waals surface area contributed by atoms with Crippen LogP contribution in [0, 0.1) is 0 Å². The molecule has 1 saturated heterocycles. The van der Waals surface area contributed by atoms with Crippen molar-refractivity contribution in [3.63, 3.8) is 0 Å². The molecule has 0 unspecified atom stereocenters. The molecule has 0 bridgehead atoms. The minimum atomic E-state index is 0.0704. The zero-order chi connectivity index (χ0) is 20.9. The first-order valence-corrected chi connectivity index (χ1v) is 11.0. The Balaban J connectivity index is 1.28. The van der Waals surface area contributed by atoms with Crippen molar-refractivity contribution in [3.05, 3.63) is 59.2 Å². The lowest BCUT2D eigenvalue weighted by molar-refractivity contribution is -0.131. The van der Waals surface area contributed by atoms with Crippen LogP contribution < -0.4 is 9.64 Å². The molecule has 1 amide bonds. The van der Waals surface area contributed by atoms with Crippen LogP contribution in [0.25, 0.3) is 0 Å². The highest BCUT2D eigenvalue weighted by atomic mass is 16.5. The molecule has 1 aliphatic carbocycles. The van der Waals surface area contributed by atoms with Crippen molar-refractivity contribution in [2.75, 3.05) is 38.2 Å². The summed E-state index contributed by atoms with van der Waals surface area (Å²) in [5.74, 6) is 0.998.